The molecule has 0 aliphatic heterocycles. The molecule has 0 fully saturated rings. The van der Waals surface area contributed by atoms with E-state index in [1.165, 1.54) is 16.7 Å². The van der Waals surface area contributed by atoms with Gasteiger partial charge in [-0.1, -0.05) is 44.2 Å². The van der Waals surface area contributed by atoms with Gasteiger partial charge in [-0.2, -0.15) is 0 Å². The summed E-state index contributed by atoms with van der Waals surface area (Å²) < 4.78 is 0. The van der Waals surface area contributed by atoms with Crippen molar-refractivity contribution in [2.24, 2.45) is 5.92 Å². The molecule has 2 aliphatic carbocycles. The first kappa shape index (κ1) is 17.0. The van der Waals surface area contributed by atoms with Crippen molar-refractivity contribution in [1.29, 1.82) is 0 Å². The molecule has 1 aromatic rings. The predicted molar refractivity (Wildman–Crippen MR) is 96.0 cm³/mol. The lowest BCUT2D eigenvalue weighted by molar-refractivity contribution is 0.227. The number of hydrogen-bond acceptors (Lipinski definition) is 2. The largest absolute Gasteiger partial charge is 0.396 e. The van der Waals surface area contributed by atoms with E-state index in [0.717, 1.165) is 25.7 Å². The predicted octanol–water partition coefficient (Wildman–Crippen LogP) is 3.42. The number of rotatable bonds is 4. The Morgan fingerprint density at radius 2 is 2.12 bits per heavy atom. The molecule has 3 atom stereocenters. The molecule has 4 heteroatoms. The van der Waals surface area contributed by atoms with Gasteiger partial charge in [0.2, 0.25) is 0 Å². The number of nitrogens with one attached hydrogen (secondary N) is 2. The molecule has 1 aromatic carbocycles. The Kier molecular flexibility index (Phi) is 5.24. The summed E-state index contributed by atoms with van der Waals surface area (Å²) in [6, 6.07) is 6.70. The number of aliphatic hydroxyl groups excluding tert-OH is 1. The molecular weight excluding hydrogens is 300 g/mol. The molecule has 0 saturated heterocycles. The summed E-state index contributed by atoms with van der Waals surface area (Å²) in [5.74, 6) is 0.657. The zero-order valence-corrected chi connectivity index (χ0v) is 14.6. The van der Waals surface area contributed by atoms with Gasteiger partial charge < -0.3 is 15.7 Å². The van der Waals surface area contributed by atoms with Crippen LogP contribution in [0.2, 0.25) is 0 Å². The zero-order valence-electron chi connectivity index (χ0n) is 14.6. The van der Waals surface area contributed by atoms with Crippen LogP contribution in [-0.4, -0.2) is 23.8 Å². The Morgan fingerprint density at radius 1 is 1.29 bits per heavy atom. The van der Waals surface area contributed by atoms with Gasteiger partial charge in [0, 0.05) is 18.6 Å². The number of fused-ring (bicyclic) bond motifs is 1. The molecule has 0 spiro atoms. The Morgan fingerprint density at radius 3 is 2.83 bits per heavy atom. The Labute approximate surface area is 144 Å². The summed E-state index contributed by atoms with van der Waals surface area (Å²) in [5.41, 5.74) is 3.96. The monoisotopic (exact) mass is 328 g/mol. The molecule has 3 N–H and O–H groups in total. The van der Waals surface area contributed by atoms with Gasteiger partial charge in [0.05, 0.1) is 6.04 Å². The van der Waals surface area contributed by atoms with Gasteiger partial charge in [0.15, 0.2) is 0 Å². The molecule has 3 rings (SSSR count). The molecule has 0 unspecified atom stereocenters. The first-order valence-electron chi connectivity index (χ1n) is 9.05. The molecule has 0 heterocycles. The highest BCUT2D eigenvalue weighted by Gasteiger charge is 2.24. The van der Waals surface area contributed by atoms with E-state index in [-0.39, 0.29) is 30.6 Å². The lowest BCUT2D eigenvalue weighted by atomic mass is 9.85. The van der Waals surface area contributed by atoms with Crippen molar-refractivity contribution in [3.63, 3.8) is 0 Å². The van der Waals surface area contributed by atoms with Crippen LogP contribution in [0.3, 0.4) is 0 Å². The maximum atomic E-state index is 12.4. The number of carbonyl (C=O) groups is 1. The molecule has 0 bridgehead atoms. The molecule has 0 radical (unpaired) electrons. The second-order valence-corrected chi connectivity index (χ2v) is 7.35. The number of urea groups is 1. The van der Waals surface area contributed by atoms with Crippen molar-refractivity contribution in [3.05, 3.63) is 47.0 Å². The molecule has 4 nitrogen and oxygen atoms in total. The summed E-state index contributed by atoms with van der Waals surface area (Å²) in [6.07, 6.45) is 7.93. The van der Waals surface area contributed by atoms with Crippen molar-refractivity contribution in [1.82, 2.24) is 10.6 Å². The van der Waals surface area contributed by atoms with E-state index < -0.39 is 0 Å². The SMILES string of the molecule is CC(C)c1ccc2c(c1)[C@H](NC(=O)N[C@@H]1C=C[C@H](CO)C1)CCC2. The third-order valence-corrected chi connectivity index (χ3v) is 5.18. The van der Waals surface area contributed by atoms with Crippen LogP contribution in [0.1, 0.15) is 61.8 Å². The van der Waals surface area contributed by atoms with E-state index in [9.17, 15) is 9.90 Å². The minimum Gasteiger partial charge on any atom is -0.396 e. The lowest BCUT2D eigenvalue weighted by Crippen LogP contribution is -2.43. The highest BCUT2D eigenvalue weighted by molar-refractivity contribution is 5.75. The fourth-order valence-electron chi connectivity index (χ4n) is 3.71. The first-order valence-corrected chi connectivity index (χ1v) is 9.05. The zero-order chi connectivity index (χ0) is 17.1. The third-order valence-electron chi connectivity index (χ3n) is 5.18. The van der Waals surface area contributed by atoms with Crippen LogP contribution in [-0.2, 0) is 6.42 Å². The van der Waals surface area contributed by atoms with Crippen LogP contribution in [0, 0.1) is 5.92 Å². The molecular formula is C20H28N2O2. The number of benzene rings is 1. The quantitative estimate of drug-likeness (QED) is 0.742. The van der Waals surface area contributed by atoms with E-state index in [0.29, 0.717) is 5.92 Å². The summed E-state index contributed by atoms with van der Waals surface area (Å²) >= 11 is 0. The normalized spacial score (nSPS) is 25.6. The van der Waals surface area contributed by atoms with Crippen LogP contribution in [0.4, 0.5) is 4.79 Å². The van der Waals surface area contributed by atoms with Crippen molar-refractivity contribution >= 4 is 6.03 Å². The molecule has 2 amide bonds. The number of carbonyl (C=O) groups excluding carboxylic acids is 1. The van der Waals surface area contributed by atoms with Gasteiger partial charge in [-0.05, 0) is 48.3 Å². The van der Waals surface area contributed by atoms with Gasteiger partial charge in [0.1, 0.15) is 0 Å². The van der Waals surface area contributed by atoms with Gasteiger partial charge in [-0.15, -0.1) is 0 Å². The Balaban J connectivity index is 1.65. The van der Waals surface area contributed by atoms with Crippen molar-refractivity contribution in [2.45, 2.75) is 57.5 Å². The molecule has 24 heavy (non-hydrogen) atoms. The smallest absolute Gasteiger partial charge is 0.315 e. The summed E-state index contributed by atoms with van der Waals surface area (Å²) in [4.78, 5) is 12.4. The summed E-state index contributed by atoms with van der Waals surface area (Å²) in [5, 5.41) is 15.3. The van der Waals surface area contributed by atoms with Crippen LogP contribution in [0.15, 0.2) is 30.4 Å². The van der Waals surface area contributed by atoms with E-state index >= 15 is 0 Å². The number of hydrogen-bond donors (Lipinski definition) is 3. The lowest BCUT2D eigenvalue weighted by Gasteiger charge is -2.28. The van der Waals surface area contributed by atoms with Crippen molar-refractivity contribution < 1.29 is 9.90 Å². The fraction of sp³-hybridized carbons (Fsp3) is 0.550. The van der Waals surface area contributed by atoms with E-state index in [4.69, 9.17) is 0 Å². The van der Waals surface area contributed by atoms with E-state index in [1.54, 1.807) is 0 Å². The fourth-order valence-corrected chi connectivity index (χ4v) is 3.71. The highest BCUT2D eigenvalue weighted by Crippen LogP contribution is 2.32. The topological polar surface area (TPSA) is 61.4 Å². The Bertz CT molecular complexity index is 624. The number of amides is 2. The minimum absolute atomic E-state index is 0.0206. The van der Waals surface area contributed by atoms with Gasteiger partial charge in [-0.3, -0.25) is 0 Å². The average molecular weight is 328 g/mol. The maximum absolute atomic E-state index is 12.4. The number of aliphatic hydroxyl groups is 1. The third kappa shape index (κ3) is 3.81. The van der Waals surface area contributed by atoms with Crippen molar-refractivity contribution in [3.8, 4) is 0 Å². The minimum atomic E-state index is -0.115. The molecule has 130 valence electrons. The molecule has 0 saturated carbocycles. The van der Waals surface area contributed by atoms with E-state index in [1.807, 2.05) is 12.2 Å². The van der Waals surface area contributed by atoms with E-state index in [2.05, 4.69) is 42.7 Å². The highest BCUT2D eigenvalue weighted by atomic mass is 16.3. The number of aryl methyl sites for hydroxylation is 1. The van der Waals surface area contributed by atoms with Crippen LogP contribution >= 0.6 is 0 Å². The Hall–Kier alpha value is -1.81. The van der Waals surface area contributed by atoms with Gasteiger partial charge in [0.25, 0.3) is 0 Å². The van der Waals surface area contributed by atoms with Crippen molar-refractivity contribution in [2.75, 3.05) is 6.61 Å². The molecule has 2 aliphatic rings. The second kappa shape index (κ2) is 7.39. The van der Waals surface area contributed by atoms with Gasteiger partial charge in [-0.25, -0.2) is 4.79 Å². The first-order chi connectivity index (χ1) is 11.6. The second-order valence-electron chi connectivity index (χ2n) is 7.35. The van der Waals surface area contributed by atoms with Crippen LogP contribution in [0.5, 0.6) is 0 Å². The van der Waals surface area contributed by atoms with Gasteiger partial charge >= 0.3 is 6.03 Å². The van der Waals surface area contributed by atoms with Crippen LogP contribution < -0.4 is 10.6 Å². The standard InChI is InChI=1S/C20H28N2O2/c1-13(2)16-8-7-15-4-3-5-19(18(15)11-16)22-20(24)21-17-9-6-14(10-17)12-23/h6-9,11,13-14,17,19,23H,3-5,10,12H2,1-2H3,(H2,21,22,24)/t14-,17+,19+/m0/s1. The molecule has 0 aromatic heterocycles. The summed E-state index contributed by atoms with van der Waals surface area (Å²) in [7, 11) is 0. The average Bonchev–Trinajstić information content (AvgIpc) is 3.02. The summed E-state index contributed by atoms with van der Waals surface area (Å²) in [6.45, 7) is 4.54. The maximum Gasteiger partial charge on any atom is 0.315 e. The van der Waals surface area contributed by atoms with Crippen LogP contribution in [0.25, 0.3) is 0 Å².